The third kappa shape index (κ3) is 3.53. The van der Waals surface area contributed by atoms with E-state index in [-0.39, 0.29) is 11.7 Å². The monoisotopic (exact) mass is 354 g/mol. The van der Waals surface area contributed by atoms with Crippen LogP contribution in [-0.4, -0.2) is 35.2 Å². The molecule has 0 radical (unpaired) electrons. The van der Waals surface area contributed by atoms with E-state index in [0.29, 0.717) is 21.5 Å². The van der Waals surface area contributed by atoms with Crippen LogP contribution in [0.3, 0.4) is 0 Å². The summed E-state index contributed by atoms with van der Waals surface area (Å²) in [5.41, 5.74) is 2.21. The van der Waals surface area contributed by atoms with Crippen LogP contribution in [0.25, 0.3) is 6.08 Å². The van der Waals surface area contributed by atoms with Gasteiger partial charge in [-0.05, 0) is 48.5 Å². The number of phenols is 1. The number of para-hydroxylation sites is 1. The van der Waals surface area contributed by atoms with Crippen molar-refractivity contribution < 1.29 is 14.6 Å². The fraction of sp³-hybridized carbons (Fsp3) is 0.158. The molecule has 0 spiro atoms. The molecule has 1 aliphatic rings. The normalized spacial score (nSPS) is 17.6. The molecule has 0 aliphatic carbocycles. The van der Waals surface area contributed by atoms with Crippen molar-refractivity contribution >= 4 is 34.6 Å². The van der Waals surface area contributed by atoms with Gasteiger partial charge in [0, 0.05) is 12.6 Å². The number of methoxy groups -OCH3 is 1. The molecule has 1 heterocycles. The zero-order valence-corrected chi connectivity index (χ0v) is 15.0. The Morgan fingerprint density at radius 3 is 2.72 bits per heavy atom. The van der Waals surface area contributed by atoms with Crippen LogP contribution in [0.1, 0.15) is 11.1 Å². The average molecular weight is 354 g/mol. The minimum Gasteiger partial charge on any atom is -0.506 e. The van der Waals surface area contributed by atoms with E-state index in [4.69, 9.17) is 4.74 Å². The number of phenolic OH excluding ortho intramolecular Hbond substituents is 1. The maximum Gasteiger partial charge on any atom is 0.266 e. The van der Waals surface area contributed by atoms with E-state index in [1.807, 2.05) is 37.3 Å². The topological polar surface area (TPSA) is 62.1 Å². The number of carbonyl (C=O) groups excluding carboxylic acids is 1. The van der Waals surface area contributed by atoms with E-state index in [2.05, 4.69) is 4.99 Å². The molecule has 1 amide bonds. The van der Waals surface area contributed by atoms with Crippen molar-refractivity contribution in [1.82, 2.24) is 4.90 Å². The third-order valence-corrected chi connectivity index (χ3v) is 4.84. The van der Waals surface area contributed by atoms with Crippen LogP contribution in [0.2, 0.25) is 0 Å². The number of thioether (sulfide) groups is 1. The molecule has 0 atom stereocenters. The molecule has 1 saturated heterocycles. The quantitative estimate of drug-likeness (QED) is 0.848. The molecule has 0 saturated carbocycles. The molecule has 1 fully saturated rings. The van der Waals surface area contributed by atoms with Gasteiger partial charge in [-0.2, -0.15) is 0 Å². The number of amides is 1. The molecule has 1 aliphatic heterocycles. The summed E-state index contributed by atoms with van der Waals surface area (Å²) in [4.78, 5) is 19.0. The second-order valence-corrected chi connectivity index (χ2v) is 6.61. The van der Waals surface area contributed by atoms with Gasteiger partial charge in [-0.25, -0.2) is 4.99 Å². The standard InChI is InChI=1S/C19H18N2O3S/c1-12-8-9-14(15(22)10-12)20-19-21(2)18(23)17(25-19)11-13-6-4-5-7-16(13)24-3/h4-11,22H,1-3H3/b17-11-,20-19?. The number of aromatic hydroxyl groups is 1. The Morgan fingerprint density at radius 2 is 2.00 bits per heavy atom. The number of hydrogen-bond donors (Lipinski definition) is 1. The van der Waals surface area contributed by atoms with Crippen LogP contribution < -0.4 is 4.74 Å². The summed E-state index contributed by atoms with van der Waals surface area (Å²) < 4.78 is 5.33. The van der Waals surface area contributed by atoms with E-state index < -0.39 is 0 Å². The van der Waals surface area contributed by atoms with Gasteiger partial charge in [-0.3, -0.25) is 9.69 Å². The predicted molar refractivity (Wildman–Crippen MR) is 101 cm³/mol. The Balaban J connectivity index is 1.94. The Hall–Kier alpha value is -2.73. The molecule has 1 N–H and O–H groups in total. The summed E-state index contributed by atoms with van der Waals surface area (Å²) >= 11 is 1.27. The Kier molecular flexibility index (Phi) is 4.81. The van der Waals surface area contributed by atoms with Crippen molar-refractivity contribution in [3.8, 4) is 11.5 Å². The molecule has 2 aromatic rings. The first-order valence-corrected chi connectivity index (χ1v) is 8.50. The summed E-state index contributed by atoms with van der Waals surface area (Å²) in [6, 6.07) is 12.8. The van der Waals surface area contributed by atoms with E-state index in [0.717, 1.165) is 11.1 Å². The maximum absolute atomic E-state index is 12.5. The molecule has 0 unspecified atom stereocenters. The largest absolute Gasteiger partial charge is 0.506 e. The third-order valence-electron chi connectivity index (χ3n) is 3.78. The number of ether oxygens (including phenoxy) is 1. The summed E-state index contributed by atoms with van der Waals surface area (Å²) in [7, 11) is 3.27. The molecule has 5 nitrogen and oxygen atoms in total. The smallest absolute Gasteiger partial charge is 0.266 e. The molecule has 0 aromatic heterocycles. The van der Waals surface area contributed by atoms with Crippen LogP contribution >= 0.6 is 11.8 Å². The molecule has 3 rings (SSSR count). The Labute approximate surface area is 150 Å². The minimum absolute atomic E-state index is 0.0936. The number of nitrogens with zero attached hydrogens (tertiary/aromatic N) is 2. The predicted octanol–water partition coefficient (Wildman–Crippen LogP) is 3.94. The van der Waals surface area contributed by atoms with Gasteiger partial charge in [0.1, 0.15) is 17.2 Å². The molecule has 6 heteroatoms. The maximum atomic E-state index is 12.5. The van der Waals surface area contributed by atoms with Gasteiger partial charge in [0.2, 0.25) is 0 Å². The lowest BCUT2D eigenvalue weighted by Gasteiger charge is -2.08. The average Bonchev–Trinajstić information content (AvgIpc) is 2.86. The highest BCUT2D eigenvalue weighted by atomic mass is 32.2. The van der Waals surface area contributed by atoms with Crippen LogP contribution in [0.15, 0.2) is 52.4 Å². The number of benzene rings is 2. The summed E-state index contributed by atoms with van der Waals surface area (Å²) in [6.45, 7) is 1.89. The van der Waals surface area contributed by atoms with Gasteiger partial charge in [-0.1, -0.05) is 24.3 Å². The van der Waals surface area contributed by atoms with Gasteiger partial charge < -0.3 is 9.84 Å². The van der Waals surface area contributed by atoms with Crippen LogP contribution in [0.4, 0.5) is 5.69 Å². The van der Waals surface area contributed by atoms with Crippen molar-refractivity contribution in [2.45, 2.75) is 6.92 Å². The number of hydrogen-bond acceptors (Lipinski definition) is 5. The fourth-order valence-corrected chi connectivity index (χ4v) is 3.38. The van der Waals surface area contributed by atoms with Gasteiger partial charge in [0.05, 0.1) is 12.0 Å². The van der Waals surface area contributed by atoms with E-state index in [1.54, 1.807) is 32.4 Å². The number of amidine groups is 1. The summed E-state index contributed by atoms with van der Waals surface area (Å²) in [5, 5.41) is 10.5. The van der Waals surface area contributed by atoms with Crippen molar-refractivity contribution in [3.63, 3.8) is 0 Å². The highest BCUT2D eigenvalue weighted by Crippen LogP contribution is 2.36. The molecule has 128 valence electrons. The number of likely N-dealkylation sites (N-methyl/N-ethyl adjacent to an activating group) is 1. The SMILES string of the molecule is COc1ccccc1/C=C1\SC(=Nc2ccc(C)cc2O)N(C)C1=O. The Bertz CT molecular complexity index is 890. The Morgan fingerprint density at radius 1 is 1.24 bits per heavy atom. The van der Waals surface area contributed by atoms with Gasteiger partial charge in [0.25, 0.3) is 5.91 Å². The highest BCUT2D eigenvalue weighted by Gasteiger charge is 2.30. The molecule has 2 aromatic carbocycles. The molecule has 0 bridgehead atoms. The lowest BCUT2D eigenvalue weighted by molar-refractivity contribution is -0.121. The lowest BCUT2D eigenvalue weighted by Crippen LogP contribution is -2.23. The van der Waals surface area contributed by atoms with E-state index in [9.17, 15) is 9.90 Å². The first-order chi connectivity index (χ1) is 12.0. The lowest BCUT2D eigenvalue weighted by atomic mass is 10.2. The van der Waals surface area contributed by atoms with Crippen molar-refractivity contribution in [1.29, 1.82) is 0 Å². The molecular formula is C19H18N2O3S. The van der Waals surface area contributed by atoms with Crippen molar-refractivity contribution in [2.24, 2.45) is 4.99 Å². The first kappa shape index (κ1) is 17.1. The van der Waals surface area contributed by atoms with Gasteiger partial charge in [-0.15, -0.1) is 0 Å². The summed E-state index contributed by atoms with van der Waals surface area (Å²) in [6.07, 6.45) is 1.79. The second kappa shape index (κ2) is 7.03. The zero-order valence-electron chi connectivity index (χ0n) is 14.2. The molecule has 25 heavy (non-hydrogen) atoms. The van der Waals surface area contributed by atoms with Gasteiger partial charge >= 0.3 is 0 Å². The van der Waals surface area contributed by atoms with E-state index >= 15 is 0 Å². The number of aryl methyl sites for hydroxylation is 1. The number of rotatable bonds is 3. The number of carbonyl (C=O) groups is 1. The van der Waals surface area contributed by atoms with Crippen molar-refractivity contribution in [3.05, 3.63) is 58.5 Å². The van der Waals surface area contributed by atoms with E-state index in [1.165, 1.54) is 16.7 Å². The van der Waals surface area contributed by atoms with Gasteiger partial charge in [0.15, 0.2) is 5.17 Å². The fourth-order valence-electron chi connectivity index (χ4n) is 2.41. The van der Waals surface area contributed by atoms with Crippen LogP contribution in [0, 0.1) is 6.92 Å². The van der Waals surface area contributed by atoms with Crippen LogP contribution in [0.5, 0.6) is 11.5 Å². The van der Waals surface area contributed by atoms with Crippen LogP contribution in [-0.2, 0) is 4.79 Å². The first-order valence-electron chi connectivity index (χ1n) is 7.68. The zero-order chi connectivity index (χ0) is 18.0. The summed E-state index contributed by atoms with van der Waals surface area (Å²) in [5.74, 6) is 0.657. The minimum atomic E-state index is -0.138. The molecular weight excluding hydrogens is 336 g/mol. The van der Waals surface area contributed by atoms with Crippen molar-refractivity contribution in [2.75, 3.05) is 14.2 Å². The number of aliphatic imine (C=N–C) groups is 1. The second-order valence-electron chi connectivity index (χ2n) is 5.60. The highest BCUT2D eigenvalue weighted by molar-refractivity contribution is 8.18.